The van der Waals surface area contributed by atoms with Gasteiger partial charge in [-0.1, -0.05) is 60.1 Å². The molecule has 2 aromatic carbocycles. The molecule has 1 unspecified atom stereocenters. The van der Waals surface area contributed by atoms with Gasteiger partial charge in [0.15, 0.2) is 0 Å². The maximum absolute atomic E-state index is 13.1. The SMILES string of the molecule is CC(C(=O)NC(C)(C)C)N(CCc1ccccc1)C(=O)CCc1ccccc1Cl. The van der Waals surface area contributed by atoms with Gasteiger partial charge in [0, 0.05) is 23.5 Å². The Kier molecular flexibility index (Phi) is 8.27. The smallest absolute Gasteiger partial charge is 0.242 e. The second-order valence-electron chi connectivity index (χ2n) is 8.33. The van der Waals surface area contributed by atoms with E-state index in [4.69, 9.17) is 11.6 Å². The molecule has 1 atom stereocenters. The molecule has 0 aliphatic heterocycles. The number of amides is 2. The maximum Gasteiger partial charge on any atom is 0.242 e. The fourth-order valence-electron chi connectivity index (χ4n) is 3.13. The van der Waals surface area contributed by atoms with Crippen molar-refractivity contribution in [2.75, 3.05) is 6.54 Å². The van der Waals surface area contributed by atoms with Gasteiger partial charge >= 0.3 is 0 Å². The highest BCUT2D eigenvalue weighted by Crippen LogP contribution is 2.18. The van der Waals surface area contributed by atoms with Crippen LogP contribution in [0.3, 0.4) is 0 Å². The number of hydrogen-bond donors (Lipinski definition) is 1. The third kappa shape index (κ3) is 7.54. The van der Waals surface area contributed by atoms with Crippen molar-refractivity contribution >= 4 is 23.4 Å². The molecule has 0 aliphatic carbocycles. The lowest BCUT2D eigenvalue weighted by Gasteiger charge is -2.31. The normalized spacial score (nSPS) is 12.3. The number of hydrogen-bond acceptors (Lipinski definition) is 2. The summed E-state index contributed by atoms with van der Waals surface area (Å²) in [6.45, 7) is 8.09. The number of aryl methyl sites for hydroxylation is 1. The molecule has 0 aromatic heterocycles. The minimum absolute atomic E-state index is 0.0441. The van der Waals surface area contributed by atoms with Crippen LogP contribution in [0.15, 0.2) is 54.6 Å². The zero-order chi connectivity index (χ0) is 21.4. The summed E-state index contributed by atoms with van der Waals surface area (Å²) in [6, 6.07) is 17.0. The van der Waals surface area contributed by atoms with Gasteiger partial charge in [0.25, 0.3) is 0 Å². The Balaban J connectivity index is 2.10. The van der Waals surface area contributed by atoms with E-state index in [1.54, 1.807) is 11.8 Å². The van der Waals surface area contributed by atoms with Crippen LogP contribution >= 0.6 is 11.6 Å². The Hall–Kier alpha value is -2.33. The highest BCUT2D eigenvalue weighted by atomic mass is 35.5. The number of nitrogens with one attached hydrogen (secondary N) is 1. The van der Waals surface area contributed by atoms with Gasteiger partial charge in [-0.2, -0.15) is 0 Å². The highest BCUT2D eigenvalue weighted by Gasteiger charge is 2.27. The van der Waals surface area contributed by atoms with Crippen LogP contribution in [-0.4, -0.2) is 34.8 Å². The van der Waals surface area contributed by atoms with Crippen molar-refractivity contribution in [1.82, 2.24) is 10.2 Å². The minimum atomic E-state index is -0.545. The highest BCUT2D eigenvalue weighted by molar-refractivity contribution is 6.31. The average molecular weight is 415 g/mol. The molecule has 5 heteroatoms. The van der Waals surface area contributed by atoms with Gasteiger partial charge in [0.1, 0.15) is 6.04 Å². The summed E-state index contributed by atoms with van der Waals surface area (Å²) in [5.41, 5.74) is 1.73. The summed E-state index contributed by atoms with van der Waals surface area (Å²) in [6.07, 6.45) is 1.56. The van der Waals surface area contributed by atoms with Gasteiger partial charge < -0.3 is 10.2 Å². The predicted octanol–water partition coefficient (Wildman–Crippen LogP) is 4.65. The topological polar surface area (TPSA) is 49.4 Å². The second-order valence-corrected chi connectivity index (χ2v) is 8.74. The third-order valence-electron chi connectivity index (χ3n) is 4.72. The summed E-state index contributed by atoms with van der Waals surface area (Å²) in [4.78, 5) is 27.5. The van der Waals surface area contributed by atoms with Crippen LogP contribution in [0.25, 0.3) is 0 Å². The lowest BCUT2D eigenvalue weighted by molar-refractivity contribution is -0.140. The van der Waals surface area contributed by atoms with Crippen LogP contribution in [0.4, 0.5) is 0 Å². The molecule has 0 saturated heterocycles. The maximum atomic E-state index is 13.1. The quantitative estimate of drug-likeness (QED) is 0.683. The Morgan fingerprint density at radius 2 is 1.62 bits per heavy atom. The molecule has 0 spiro atoms. The van der Waals surface area contributed by atoms with E-state index in [1.165, 1.54) is 0 Å². The predicted molar refractivity (Wildman–Crippen MR) is 119 cm³/mol. The van der Waals surface area contributed by atoms with Gasteiger partial charge in [-0.15, -0.1) is 0 Å². The summed E-state index contributed by atoms with van der Waals surface area (Å²) in [7, 11) is 0. The van der Waals surface area contributed by atoms with Gasteiger partial charge in [0.2, 0.25) is 11.8 Å². The number of carbonyl (C=O) groups is 2. The Morgan fingerprint density at radius 1 is 1.00 bits per heavy atom. The number of rotatable bonds is 8. The number of halogens is 1. The number of carbonyl (C=O) groups excluding carboxylic acids is 2. The van der Waals surface area contributed by atoms with E-state index < -0.39 is 6.04 Å². The van der Waals surface area contributed by atoms with E-state index >= 15 is 0 Å². The molecular formula is C24H31ClN2O2. The van der Waals surface area contributed by atoms with E-state index in [0.29, 0.717) is 30.8 Å². The Bertz CT molecular complexity index is 815. The van der Waals surface area contributed by atoms with Gasteiger partial charge in [-0.25, -0.2) is 0 Å². The molecule has 0 radical (unpaired) electrons. The molecule has 1 N–H and O–H groups in total. The van der Waals surface area contributed by atoms with Crippen LogP contribution in [0, 0.1) is 0 Å². The van der Waals surface area contributed by atoms with E-state index in [0.717, 1.165) is 11.1 Å². The van der Waals surface area contributed by atoms with Crippen molar-refractivity contribution in [2.45, 2.75) is 58.5 Å². The second kappa shape index (κ2) is 10.4. The molecule has 4 nitrogen and oxygen atoms in total. The van der Waals surface area contributed by atoms with E-state index in [2.05, 4.69) is 5.32 Å². The fourth-order valence-corrected chi connectivity index (χ4v) is 3.36. The van der Waals surface area contributed by atoms with Crippen LogP contribution in [-0.2, 0) is 22.4 Å². The van der Waals surface area contributed by atoms with Crippen LogP contribution in [0.2, 0.25) is 5.02 Å². The van der Waals surface area contributed by atoms with Gasteiger partial charge in [-0.3, -0.25) is 9.59 Å². The summed E-state index contributed by atoms with van der Waals surface area (Å²) >= 11 is 6.23. The van der Waals surface area contributed by atoms with E-state index in [1.807, 2.05) is 75.4 Å². The van der Waals surface area contributed by atoms with Gasteiger partial charge in [-0.05, 0) is 57.7 Å². The van der Waals surface area contributed by atoms with Crippen molar-refractivity contribution in [2.24, 2.45) is 0 Å². The van der Waals surface area contributed by atoms with E-state index in [-0.39, 0.29) is 17.4 Å². The monoisotopic (exact) mass is 414 g/mol. The van der Waals surface area contributed by atoms with E-state index in [9.17, 15) is 9.59 Å². The van der Waals surface area contributed by atoms with Crippen LogP contribution in [0.1, 0.15) is 45.2 Å². The van der Waals surface area contributed by atoms with Crippen molar-refractivity contribution in [3.05, 3.63) is 70.7 Å². The summed E-state index contributed by atoms with van der Waals surface area (Å²) in [5.74, 6) is -0.186. The lowest BCUT2D eigenvalue weighted by Crippen LogP contribution is -2.53. The average Bonchev–Trinajstić information content (AvgIpc) is 2.66. The molecule has 2 aromatic rings. The first-order chi connectivity index (χ1) is 13.7. The lowest BCUT2D eigenvalue weighted by atomic mass is 10.1. The van der Waals surface area contributed by atoms with Crippen LogP contribution < -0.4 is 5.32 Å². The standard InChI is InChI=1S/C24H31ClN2O2/c1-18(23(29)26-24(2,3)4)27(17-16-19-10-6-5-7-11-19)22(28)15-14-20-12-8-9-13-21(20)25/h5-13,18H,14-17H2,1-4H3,(H,26,29). The first kappa shape index (κ1) is 23.0. The summed E-state index contributed by atoms with van der Waals surface area (Å²) in [5, 5.41) is 3.64. The van der Waals surface area contributed by atoms with Gasteiger partial charge in [0.05, 0.1) is 0 Å². The molecule has 0 fully saturated rings. The molecule has 2 amide bonds. The first-order valence-corrected chi connectivity index (χ1v) is 10.4. The molecule has 0 saturated carbocycles. The number of nitrogens with zero attached hydrogens (tertiary/aromatic N) is 1. The molecular weight excluding hydrogens is 384 g/mol. The number of benzene rings is 2. The van der Waals surface area contributed by atoms with Crippen LogP contribution in [0.5, 0.6) is 0 Å². The molecule has 29 heavy (non-hydrogen) atoms. The molecule has 2 rings (SSSR count). The minimum Gasteiger partial charge on any atom is -0.350 e. The largest absolute Gasteiger partial charge is 0.350 e. The summed E-state index contributed by atoms with van der Waals surface area (Å²) < 4.78 is 0. The molecule has 0 aliphatic rings. The third-order valence-corrected chi connectivity index (χ3v) is 5.08. The molecule has 156 valence electrons. The molecule has 0 heterocycles. The van der Waals surface area contributed by atoms with Crippen molar-refractivity contribution in [1.29, 1.82) is 0 Å². The van der Waals surface area contributed by atoms with Crippen molar-refractivity contribution < 1.29 is 9.59 Å². The Morgan fingerprint density at radius 3 is 2.24 bits per heavy atom. The Labute approximate surface area is 179 Å². The zero-order valence-electron chi connectivity index (χ0n) is 17.7. The van der Waals surface area contributed by atoms with Crippen molar-refractivity contribution in [3.8, 4) is 0 Å². The molecule has 0 bridgehead atoms. The zero-order valence-corrected chi connectivity index (χ0v) is 18.5. The fraction of sp³-hybridized carbons (Fsp3) is 0.417. The first-order valence-electron chi connectivity index (χ1n) is 10.1. The van der Waals surface area contributed by atoms with Crippen molar-refractivity contribution in [3.63, 3.8) is 0 Å².